The molecule has 2 bridgehead atoms. The van der Waals surface area contributed by atoms with Crippen molar-refractivity contribution in [2.45, 2.75) is 6.42 Å². The fraction of sp³-hybridized carbons (Fsp3) is 1.00. The largest absolute Gasteiger partial charge is 0.412 e. The average molecular weight is 136 g/mol. The van der Waals surface area contributed by atoms with Crippen LogP contribution in [0.2, 0.25) is 0 Å². The van der Waals surface area contributed by atoms with Gasteiger partial charge in [-0.25, -0.2) is 0 Å². The van der Waals surface area contributed by atoms with Crippen molar-refractivity contribution in [3.05, 3.63) is 0 Å². The number of hydrogen-bond donors (Lipinski definition) is 0. The van der Waals surface area contributed by atoms with Crippen molar-refractivity contribution in [1.29, 1.82) is 0 Å². The standard InChI is InChI=1S/C9H10.H2O/c1-2-4-5(2)9-7-3(1)6(7)8(4)9;/h2-9H,1H2;1H2. The van der Waals surface area contributed by atoms with E-state index in [1.54, 1.807) is 6.42 Å². The lowest BCUT2D eigenvalue weighted by Crippen LogP contribution is -2.41. The second kappa shape index (κ2) is 0.911. The quantitative estimate of drug-likeness (QED) is 0.466. The summed E-state index contributed by atoms with van der Waals surface area (Å²) in [7, 11) is 0. The summed E-state index contributed by atoms with van der Waals surface area (Å²) < 4.78 is 0. The summed E-state index contributed by atoms with van der Waals surface area (Å²) in [6.45, 7) is 0. The van der Waals surface area contributed by atoms with E-state index in [-0.39, 0.29) is 5.48 Å². The zero-order valence-electron chi connectivity index (χ0n) is 5.83. The lowest BCUT2D eigenvalue weighted by molar-refractivity contribution is 0.0202. The molecule has 6 aliphatic carbocycles. The van der Waals surface area contributed by atoms with Gasteiger partial charge < -0.3 is 5.48 Å². The predicted octanol–water partition coefficient (Wildman–Crippen LogP) is 0.549. The van der Waals surface area contributed by atoms with Crippen LogP contribution in [0, 0.1) is 47.3 Å². The normalized spacial score (nSPS) is 88.8. The second-order valence-electron chi connectivity index (χ2n) is 5.03. The van der Waals surface area contributed by atoms with Gasteiger partial charge in [-0.2, -0.15) is 0 Å². The zero-order chi connectivity index (χ0) is 5.33. The van der Waals surface area contributed by atoms with Crippen molar-refractivity contribution in [3.63, 3.8) is 0 Å². The molecule has 0 radical (unpaired) electrons. The highest BCUT2D eigenvalue weighted by molar-refractivity contribution is 5.37. The minimum atomic E-state index is 0. The van der Waals surface area contributed by atoms with E-state index < -0.39 is 0 Å². The van der Waals surface area contributed by atoms with Crippen LogP contribution in [0.1, 0.15) is 6.42 Å². The third kappa shape index (κ3) is 0.200. The average Bonchev–Trinajstić information content (AvgIpc) is 2.58. The van der Waals surface area contributed by atoms with Gasteiger partial charge in [-0.15, -0.1) is 0 Å². The first-order chi connectivity index (χ1) is 4.48. The van der Waals surface area contributed by atoms with Crippen LogP contribution < -0.4 is 0 Å². The Labute approximate surface area is 60.1 Å². The Morgan fingerprint density at radius 2 is 1.00 bits per heavy atom. The van der Waals surface area contributed by atoms with Crippen molar-refractivity contribution >= 4 is 0 Å². The summed E-state index contributed by atoms with van der Waals surface area (Å²) in [5.74, 6) is 10.5. The van der Waals surface area contributed by atoms with Crippen LogP contribution in [0.15, 0.2) is 0 Å². The second-order valence-corrected chi connectivity index (χ2v) is 5.03. The van der Waals surface area contributed by atoms with Crippen molar-refractivity contribution < 1.29 is 5.48 Å². The maximum Gasteiger partial charge on any atom is -0.0312 e. The maximum absolute atomic E-state index is 1.68. The Hall–Kier alpha value is -0.0400. The molecular weight excluding hydrogens is 124 g/mol. The van der Waals surface area contributed by atoms with E-state index in [0.717, 1.165) is 0 Å². The summed E-state index contributed by atoms with van der Waals surface area (Å²) in [6.07, 6.45) is 1.68. The van der Waals surface area contributed by atoms with E-state index in [1.165, 1.54) is 47.3 Å². The van der Waals surface area contributed by atoms with Crippen LogP contribution >= 0.6 is 0 Å². The van der Waals surface area contributed by atoms with Gasteiger partial charge in [-0.05, 0) is 53.8 Å². The molecule has 6 rings (SSSR count). The Morgan fingerprint density at radius 1 is 0.600 bits per heavy atom. The number of hydrogen-bond acceptors (Lipinski definition) is 0. The van der Waals surface area contributed by atoms with E-state index in [2.05, 4.69) is 0 Å². The zero-order valence-corrected chi connectivity index (χ0v) is 5.83. The van der Waals surface area contributed by atoms with Crippen LogP contribution in [-0.4, -0.2) is 5.48 Å². The third-order valence-electron chi connectivity index (χ3n) is 5.35. The molecule has 1 nitrogen and oxygen atoms in total. The van der Waals surface area contributed by atoms with Crippen molar-refractivity contribution in [2.75, 3.05) is 0 Å². The molecule has 0 aromatic carbocycles. The molecular formula is C9H12O. The highest BCUT2D eigenvalue weighted by Gasteiger charge is 2.90. The molecule has 6 fully saturated rings. The molecule has 0 saturated heterocycles. The van der Waals surface area contributed by atoms with Gasteiger partial charge in [0.1, 0.15) is 0 Å². The first-order valence-electron chi connectivity index (χ1n) is 4.48. The van der Waals surface area contributed by atoms with Crippen molar-refractivity contribution in [2.24, 2.45) is 47.3 Å². The minimum absolute atomic E-state index is 0. The Bertz CT molecular complexity index is 179. The first kappa shape index (κ1) is 4.76. The molecule has 6 saturated carbocycles. The fourth-order valence-corrected chi connectivity index (χ4v) is 5.22. The summed E-state index contributed by atoms with van der Waals surface area (Å²) in [6, 6.07) is 0. The van der Waals surface area contributed by atoms with Gasteiger partial charge in [0.05, 0.1) is 0 Å². The van der Waals surface area contributed by atoms with Crippen molar-refractivity contribution in [3.8, 4) is 0 Å². The van der Waals surface area contributed by atoms with Gasteiger partial charge in [-0.1, -0.05) is 0 Å². The molecule has 6 aliphatic rings. The topological polar surface area (TPSA) is 31.5 Å². The first-order valence-corrected chi connectivity index (χ1v) is 4.48. The lowest BCUT2D eigenvalue weighted by Gasteiger charge is -2.44. The van der Waals surface area contributed by atoms with Crippen LogP contribution in [0.5, 0.6) is 0 Å². The van der Waals surface area contributed by atoms with Gasteiger partial charge in [0.2, 0.25) is 0 Å². The Kier molecular flexibility index (Phi) is 0.434. The minimum Gasteiger partial charge on any atom is -0.412 e. The van der Waals surface area contributed by atoms with E-state index in [4.69, 9.17) is 0 Å². The summed E-state index contributed by atoms with van der Waals surface area (Å²) >= 11 is 0. The van der Waals surface area contributed by atoms with Crippen LogP contribution in [0.25, 0.3) is 0 Å². The smallest absolute Gasteiger partial charge is 0.0312 e. The molecule has 0 aromatic heterocycles. The molecule has 0 heterocycles. The van der Waals surface area contributed by atoms with Crippen LogP contribution in [0.4, 0.5) is 0 Å². The highest BCUT2D eigenvalue weighted by Crippen LogP contribution is 2.94. The molecule has 1 heteroatoms. The monoisotopic (exact) mass is 136 g/mol. The molecule has 0 aliphatic heterocycles. The van der Waals surface area contributed by atoms with Crippen molar-refractivity contribution in [1.82, 2.24) is 0 Å². The Balaban J connectivity index is 0.000000338. The molecule has 0 aromatic rings. The summed E-state index contributed by atoms with van der Waals surface area (Å²) in [4.78, 5) is 0. The van der Waals surface area contributed by atoms with E-state index in [9.17, 15) is 0 Å². The van der Waals surface area contributed by atoms with E-state index in [0.29, 0.717) is 0 Å². The van der Waals surface area contributed by atoms with Gasteiger partial charge >= 0.3 is 0 Å². The van der Waals surface area contributed by atoms with Crippen LogP contribution in [0.3, 0.4) is 0 Å². The van der Waals surface area contributed by atoms with Gasteiger partial charge in [-0.3, -0.25) is 0 Å². The fourth-order valence-electron chi connectivity index (χ4n) is 5.22. The molecule has 54 valence electrons. The van der Waals surface area contributed by atoms with Gasteiger partial charge in [0, 0.05) is 0 Å². The van der Waals surface area contributed by atoms with Crippen LogP contribution in [-0.2, 0) is 0 Å². The predicted molar refractivity (Wildman–Crippen MR) is 36.2 cm³/mol. The summed E-state index contributed by atoms with van der Waals surface area (Å²) in [5.41, 5.74) is 0. The van der Waals surface area contributed by atoms with Gasteiger partial charge in [0.25, 0.3) is 0 Å². The van der Waals surface area contributed by atoms with Gasteiger partial charge in [0.15, 0.2) is 0 Å². The third-order valence-corrected chi connectivity index (χ3v) is 5.35. The molecule has 2 N–H and O–H groups in total. The molecule has 0 amide bonds. The molecule has 10 heavy (non-hydrogen) atoms. The van der Waals surface area contributed by atoms with E-state index in [1.807, 2.05) is 0 Å². The van der Waals surface area contributed by atoms with E-state index >= 15 is 0 Å². The number of rotatable bonds is 0. The highest BCUT2D eigenvalue weighted by atomic mass is 16.0. The lowest BCUT2D eigenvalue weighted by atomic mass is 9.60. The maximum atomic E-state index is 1.68. The Morgan fingerprint density at radius 3 is 1.40 bits per heavy atom. The molecule has 4 unspecified atom stereocenters. The SMILES string of the molecule is C1C2C3C2C2C4C1C4C32.O. The molecule has 4 atom stereocenters. The molecule has 0 spiro atoms. The summed E-state index contributed by atoms with van der Waals surface area (Å²) in [5, 5.41) is 0.